The molecule has 0 aliphatic heterocycles. The van der Waals surface area contributed by atoms with Gasteiger partial charge in [0.1, 0.15) is 0 Å². The summed E-state index contributed by atoms with van der Waals surface area (Å²) in [5.41, 5.74) is 3.05. The zero-order valence-electron chi connectivity index (χ0n) is 7.80. The van der Waals surface area contributed by atoms with E-state index in [9.17, 15) is 0 Å². The maximum Gasteiger partial charge on any atom is 0.0656 e. The summed E-state index contributed by atoms with van der Waals surface area (Å²) in [5, 5.41) is 0. The van der Waals surface area contributed by atoms with Crippen LogP contribution in [-0.2, 0) is 0 Å². The van der Waals surface area contributed by atoms with Crippen LogP contribution in [0.15, 0.2) is 37.9 Å². The van der Waals surface area contributed by atoms with E-state index >= 15 is 0 Å². The van der Waals surface area contributed by atoms with Crippen molar-refractivity contribution in [3.63, 3.8) is 0 Å². The first-order valence-electron chi connectivity index (χ1n) is 3.79. The van der Waals surface area contributed by atoms with Gasteiger partial charge in [-0.25, -0.2) is 0 Å². The van der Waals surface area contributed by atoms with E-state index in [1.807, 2.05) is 32.0 Å². The number of hydrogen-bond donors (Lipinski definition) is 0. The molecule has 1 aromatic heterocycles. The lowest BCUT2D eigenvalue weighted by molar-refractivity contribution is 1.17. The van der Waals surface area contributed by atoms with Gasteiger partial charge in [-0.3, -0.25) is 4.98 Å². The summed E-state index contributed by atoms with van der Waals surface area (Å²) in [7, 11) is 0. The Morgan fingerprint density at radius 1 is 1.33 bits per heavy atom. The summed E-state index contributed by atoms with van der Waals surface area (Å²) in [6, 6.07) is 5.94. The maximum absolute atomic E-state index is 4.27. The highest BCUT2D eigenvalue weighted by Gasteiger charge is 1.92. The fraction of sp³-hybridized carbons (Fsp3) is 0.182. The van der Waals surface area contributed by atoms with Crippen molar-refractivity contribution in [1.29, 1.82) is 0 Å². The predicted molar refractivity (Wildman–Crippen MR) is 54.9 cm³/mol. The Kier molecular flexibility index (Phi) is 4.70. The van der Waals surface area contributed by atoms with E-state index in [0.717, 1.165) is 17.0 Å². The largest absolute Gasteiger partial charge is 0.254 e. The van der Waals surface area contributed by atoms with Crippen molar-refractivity contribution in [3.8, 4) is 0 Å². The van der Waals surface area contributed by atoms with Crippen molar-refractivity contribution < 1.29 is 0 Å². The monoisotopic (exact) mass is 161 g/mol. The molecule has 1 heteroatoms. The molecule has 64 valence electrons. The lowest BCUT2D eigenvalue weighted by atomic mass is 10.2. The molecule has 1 nitrogen and oxygen atoms in total. The molecule has 0 amide bonds. The molecule has 1 heterocycles. The van der Waals surface area contributed by atoms with Gasteiger partial charge in [0, 0.05) is 5.69 Å². The zero-order valence-corrected chi connectivity index (χ0v) is 7.80. The first-order valence-corrected chi connectivity index (χ1v) is 3.79. The molecule has 0 radical (unpaired) electrons. The molecule has 0 bridgehead atoms. The molecule has 0 unspecified atom stereocenters. The first-order chi connectivity index (χ1) is 5.70. The van der Waals surface area contributed by atoms with Gasteiger partial charge in [0.15, 0.2) is 0 Å². The van der Waals surface area contributed by atoms with Crippen molar-refractivity contribution in [2.24, 2.45) is 0 Å². The second-order valence-electron chi connectivity index (χ2n) is 2.44. The third-order valence-corrected chi connectivity index (χ3v) is 1.33. The number of aryl methyl sites for hydroxylation is 1. The van der Waals surface area contributed by atoms with Crippen LogP contribution >= 0.6 is 0 Å². The normalized spacial score (nSPS) is 8.17. The zero-order chi connectivity index (χ0) is 9.56. The third kappa shape index (κ3) is 3.15. The smallest absolute Gasteiger partial charge is 0.0656 e. The molecule has 0 atom stereocenters. The van der Waals surface area contributed by atoms with Crippen LogP contribution in [-0.4, -0.2) is 4.98 Å². The molecule has 0 spiro atoms. The molecular weight excluding hydrogens is 146 g/mol. The number of allylic oxidation sites excluding steroid dienone is 1. The summed E-state index contributed by atoms with van der Waals surface area (Å²) in [4.78, 5) is 4.27. The summed E-state index contributed by atoms with van der Waals surface area (Å²) < 4.78 is 0. The molecule has 0 N–H and O–H groups in total. The van der Waals surface area contributed by atoms with Crippen LogP contribution in [0.1, 0.15) is 18.3 Å². The molecule has 0 aliphatic carbocycles. The Hall–Kier alpha value is -1.37. The average molecular weight is 161 g/mol. The summed E-state index contributed by atoms with van der Waals surface area (Å²) in [6.45, 7) is 13.7. The van der Waals surface area contributed by atoms with Gasteiger partial charge >= 0.3 is 0 Å². The Bertz CT molecular complexity index is 263. The fourth-order valence-electron chi connectivity index (χ4n) is 0.781. The lowest BCUT2D eigenvalue weighted by Crippen LogP contribution is -1.86. The number of hydrogen-bond acceptors (Lipinski definition) is 1. The highest BCUT2D eigenvalue weighted by Crippen LogP contribution is 2.07. The van der Waals surface area contributed by atoms with E-state index in [4.69, 9.17) is 0 Å². The first kappa shape index (κ1) is 10.6. The van der Waals surface area contributed by atoms with Crippen molar-refractivity contribution in [2.45, 2.75) is 13.8 Å². The van der Waals surface area contributed by atoms with Crippen LogP contribution in [0.5, 0.6) is 0 Å². The van der Waals surface area contributed by atoms with Gasteiger partial charge in [0.05, 0.1) is 5.69 Å². The second kappa shape index (κ2) is 5.30. The fourth-order valence-corrected chi connectivity index (χ4v) is 0.781. The van der Waals surface area contributed by atoms with Crippen LogP contribution < -0.4 is 0 Å². The van der Waals surface area contributed by atoms with Gasteiger partial charge in [-0.05, 0) is 31.6 Å². The molecule has 1 aromatic rings. The Balaban J connectivity index is 0.000000561. The molecule has 1 rings (SSSR count). The van der Waals surface area contributed by atoms with Crippen LogP contribution in [0.4, 0.5) is 0 Å². The number of pyridine rings is 1. The van der Waals surface area contributed by atoms with E-state index < -0.39 is 0 Å². The Morgan fingerprint density at radius 2 is 1.92 bits per heavy atom. The van der Waals surface area contributed by atoms with E-state index in [-0.39, 0.29) is 0 Å². The summed E-state index contributed by atoms with van der Waals surface area (Å²) in [6.07, 6.45) is 0. The van der Waals surface area contributed by atoms with E-state index in [1.54, 1.807) is 0 Å². The lowest BCUT2D eigenvalue weighted by Gasteiger charge is -1.97. The summed E-state index contributed by atoms with van der Waals surface area (Å²) >= 11 is 0. The van der Waals surface area contributed by atoms with Gasteiger partial charge in [0.25, 0.3) is 0 Å². The van der Waals surface area contributed by atoms with Gasteiger partial charge in [0.2, 0.25) is 0 Å². The Morgan fingerprint density at radius 3 is 2.25 bits per heavy atom. The number of nitrogens with zero attached hydrogens (tertiary/aromatic N) is 1. The maximum atomic E-state index is 4.27. The second-order valence-corrected chi connectivity index (χ2v) is 2.44. The minimum atomic E-state index is 0.986. The van der Waals surface area contributed by atoms with E-state index in [1.165, 1.54) is 0 Å². The predicted octanol–water partition coefficient (Wildman–Crippen LogP) is 3.23. The van der Waals surface area contributed by atoms with Crippen LogP contribution in [0.2, 0.25) is 0 Å². The SMILES string of the molecule is C=C.C=C(C)c1cccc(C)n1. The van der Waals surface area contributed by atoms with Gasteiger partial charge in [-0.1, -0.05) is 12.6 Å². The van der Waals surface area contributed by atoms with Crippen molar-refractivity contribution in [3.05, 3.63) is 49.3 Å². The highest BCUT2D eigenvalue weighted by atomic mass is 14.7. The number of aromatic nitrogens is 1. The van der Waals surface area contributed by atoms with Crippen molar-refractivity contribution >= 4 is 5.57 Å². The standard InChI is InChI=1S/C9H11N.C2H4/c1-7(2)9-6-4-5-8(3)10-9;1-2/h4-6H,1H2,2-3H3;1-2H2. The van der Waals surface area contributed by atoms with E-state index in [0.29, 0.717) is 0 Å². The van der Waals surface area contributed by atoms with Gasteiger partial charge in [-0.15, -0.1) is 13.2 Å². The Labute approximate surface area is 74.5 Å². The number of rotatable bonds is 1. The molecule has 0 saturated carbocycles. The van der Waals surface area contributed by atoms with Crippen LogP contribution in [0.25, 0.3) is 5.57 Å². The highest BCUT2D eigenvalue weighted by molar-refractivity contribution is 5.57. The third-order valence-electron chi connectivity index (χ3n) is 1.33. The molecule has 12 heavy (non-hydrogen) atoms. The molecule has 0 saturated heterocycles. The molecule has 0 aromatic carbocycles. The molecule has 0 fully saturated rings. The van der Waals surface area contributed by atoms with Crippen molar-refractivity contribution in [1.82, 2.24) is 4.98 Å². The minimum Gasteiger partial charge on any atom is -0.254 e. The molecule has 0 aliphatic rings. The van der Waals surface area contributed by atoms with Crippen LogP contribution in [0, 0.1) is 6.92 Å². The van der Waals surface area contributed by atoms with E-state index in [2.05, 4.69) is 24.7 Å². The van der Waals surface area contributed by atoms with Gasteiger partial charge < -0.3 is 0 Å². The van der Waals surface area contributed by atoms with Gasteiger partial charge in [-0.2, -0.15) is 0 Å². The molecular formula is C11H15N. The average Bonchev–Trinajstić information content (AvgIpc) is 2.08. The quantitative estimate of drug-likeness (QED) is 0.576. The topological polar surface area (TPSA) is 12.9 Å². The summed E-state index contributed by atoms with van der Waals surface area (Å²) in [5.74, 6) is 0. The van der Waals surface area contributed by atoms with Crippen molar-refractivity contribution in [2.75, 3.05) is 0 Å². The minimum absolute atomic E-state index is 0.986. The van der Waals surface area contributed by atoms with Crippen LogP contribution in [0.3, 0.4) is 0 Å².